The third-order valence-electron chi connectivity index (χ3n) is 3.84. The minimum Gasteiger partial charge on any atom is -0.324 e. The van der Waals surface area contributed by atoms with Gasteiger partial charge in [0.05, 0.1) is 5.88 Å². The van der Waals surface area contributed by atoms with Gasteiger partial charge in [-0.2, -0.15) is 0 Å². The van der Waals surface area contributed by atoms with Gasteiger partial charge in [-0.15, -0.1) is 23.5 Å². The summed E-state index contributed by atoms with van der Waals surface area (Å²) in [6.07, 6.45) is 2.72. The number of thioether (sulfide) groups is 2. The van der Waals surface area contributed by atoms with E-state index in [4.69, 9.17) is 0 Å². The van der Waals surface area contributed by atoms with Gasteiger partial charge in [-0.1, -0.05) is 33.8 Å². The lowest BCUT2D eigenvalue weighted by molar-refractivity contribution is -0.133. The van der Waals surface area contributed by atoms with Crippen LogP contribution < -0.4 is 5.32 Å². The standard InChI is InChI=1S/C20H28N2O2S2/c1-6-7-14(2)19(24)22-13-25-12-17(22)18(23)21-15-8-10-16(11-9-15)26-20(3,4)5/h7-11,17H,6,12-13H2,1-5H3,(H,21,23). The van der Waals surface area contributed by atoms with Gasteiger partial charge < -0.3 is 10.2 Å². The van der Waals surface area contributed by atoms with E-state index in [2.05, 4.69) is 26.1 Å². The molecule has 1 saturated heterocycles. The van der Waals surface area contributed by atoms with Crippen LogP contribution in [0.15, 0.2) is 40.8 Å². The van der Waals surface area contributed by atoms with E-state index in [9.17, 15) is 9.59 Å². The molecule has 2 amide bonds. The summed E-state index contributed by atoms with van der Waals surface area (Å²) in [5.41, 5.74) is 1.47. The van der Waals surface area contributed by atoms with Gasteiger partial charge in [-0.05, 0) is 37.6 Å². The summed E-state index contributed by atoms with van der Waals surface area (Å²) in [4.78, 5) is 28.1. The Kier molecular flexibility index (Phi) is 7.24. The molecule has 1 aromatic carbocycles. The third-order valence-corrected chi connectivity index (χ3v) is 5.97. The molecule has 0 bridgehead atoms. The maximum Gasteiger partial charge on any atom is 0.250 e. The predicted molar refractivity (Wildman–Crippen MR) is 113 cm³/mol. The first kappa shape index (κ1) is 20.9. The highest BCUT2D eigenvalue weighted by molar-refractivity contribution is 8.00. The molecule has 1 unspecified atom stereocenters. The van der Waals surface area contributed by atoms with Crippen molar-refractivity contribution in [3.8, 4) is 0 Å². The van der Waals surface area contributed by atoms with Crippen LogP contribution in [0.2, 0.25) is 0 Å². The first-order valence-corrected chi connectivity index (χ1v) is 10.8. The minimum absolute atomic E-state index is 0.0473. The van der Waals surface area contributed by atoms with Crippen molar-refractivity contribution in [1.29, 1.82) is 0 Å². The highest BCUT2D eigenvalue weighted by Gasteiger charge is 2.35. The normalized spacial score (nSPS) is 18.1. The molecule has 1 aliphatic rings. The number of allylic oxidation sites excluding steroid dienone is 1. The molecule has 0 radical (unpaired) electrons. The molecule has 0 aliphatic carbocycles. The number of carbonyl (C=O) groups is 2. The fraction of sp³-hybridized carbons (Fsp3) is 0.500. The molecule has 1 fully saturated rings. The van der Waals surface area contributed by atoms with Crippen LogP contribution in [0.25, 0.3) is 0 Å². The van der Waals surface area contributed by atoms with Crippen molar-refractivity contribution in [3.63, 3.8) is 0 Å². The quantitative estimate of drug-likeness (QED) is 0.579. The van der Waals surface area contributed by atoms with E-state index in [0.29, 0.717) is 17.2 Å². The molecule has 1 aromatic rings. The van der Waals surface area contributed by atoms with Crippen molar-refractivity contribution < 1.29 is 9.59 Å². The van der Waals surface area contributed by atoms with E-state index < -0.39 is 6.04 Å². The SMILES string of the molecule is CCC=C(C)C(=O)N1CSCC1C(=O)Nc1ccc(SC(C)(C)C)cc1. The Morgan fingerprint density at radius 3 is 2.54 bits per heavy atom. The lowest BCUT2D eigenvalue weighted by Gasteiger charge is -2.23. The van der Waals surface area contributed by atoms with Gasteiger partial charge in [0.2, 0.25) is 5.91 Å². The van der Waals surface area contributed by atoms with Crippen molar-refractivity contribution in [2.75, 3.05) is 16.9 Å². The molecule has 4 nitrogen and oxygen atoms in total. The molecule has 1 heterocycles. The smallest absolute Gasteiger partial charge is 0.250 e. The van der Waals surface area contributed by atoms with Crippen LogP contribution in [0.3, 0.4) is 0 Å². The molecule has 0 aromatic heterocycles. The van der Waals surface area contributed by atoms with Gasteiger partial charge in [-0.3, -0.25) is 9.59 Å². The largest absolute Gasteiger partial charge is 0.324 e. The first-order chi connectivity index (χ1) is 12.2. The zero-order valence-corrected chi connectivity index (χ0v) is 17.8. The topological polar surface area (TPSA) is 49.4 Å². The Hall–Kier alpha value is -1.40. The van der Waals surface area contributed by atoms with Crippen molar-refractivity contribution in [2.24, 2.45) is 0 Å². The first-order valence-electron chi connectivity index (χ1n) is 8.86. The van der Waals surface area contributed by atoms with Crippen LogP contribution in [0, 0.1) is 0 Å². The lowest BCUT2D eigenvalue weighted by atomic mass is 10.2. The van der Waals surface area contributed by atoms with Gasteiger partial charge in [0.15, 0.2) is 0 Å². The van der Waals surface area contributed by atoms with Gasteiger partial charge in [0.1, 0.15) is 6.04 Å². The van der Waals surface area contributed by atoms with Crippen LogP contribution in [0.5, 0.6) is 0 Å². The summed E-state index contributed by atoms with van der Waals surface area (Å²) in [7, 11) is 0. The monoisotopic (exact) mass is 392 g/mol. The average Bonchev–Trinajstić information content (AvgIpc) is 3.04. The molecule has 1 atom stereocenters. The fourth-order valence-corrected chi connectivity index (χ4v) is 4.80. The zero-order valence-electron chi connectivity index (χ0n) is 16.2. The van der Waals surface area contributed by atoms with E-state index in [1.165, 1.54) is 4.90 Å². The van der Waals surface area contributed by atoms with Crippen LogP contribution in [-0.4, -0.2) is 39.1 Å². The van der Waals surface area contributed by atoms with Gasteiger partial charge in [0.25, 0.3) is 5.91 Å². The Morgan fingerprint density at radius 1 is 1.31 bits per heavy atom. The second kappa shape index (κ2) is 9.00. The van der Waals surface area contributed by atoms with E-state index in [0.717, 1.165) is 12.1 Å². The average molecular weight is 393 g/mol. The predicted octanol–water partition coefficient (Wildman–Crippen LogP) is 4.77. The Balaban J connectivity index is 2.02. The number of nitrogens with zero attached hydrogens (tertiary/aromatic N) is 1. The van der Waals surface area contributed by atoms with Crippen LogP contribution in [0.4, 0.5) is 5.69 Å². The number of hydrogen-bond donors (Lipinski definition) is 1. The second-order valence-corrected chi connectivity index (χ2v) is 10.2. The molecule has 26 heavy (non-hydrogen) atoms. The lowest BCUT2D eigenvalue weighted by Crippen LogP contribution is -2.44. The zero-order chi connectivity index (χ0) is 19.3. The van der Waals surface area contributed by atoms with Crippen molar-refractivity contribution in [3.05, 3.63) is 35.9 Å². The summed E-state index contributed by atoms with van der Waals surface area (Å²) < 4.78 is 0.149. The number of rotatable bonds is 5. The van der Waals surface area contributed by atoms with E-state index >= 15 is 0 Å². The highest BCUT2D eigenvalue weighted by Crippen LogP contribution is 2.32. The van der Waals surface area contributed by atoms with E-state index in [-0.39, 0.29) is 16.6 Å². The maximum absolute atomic E-state index is 12.7. The molecular formula is C20H28N2O2S2. The van der Waals surface area contributed by atoms with Crippen molar-refractivity contribution in [1.82, 2.24) is 4.90 Å². The summed E-state index contributed by atoms with van der Waals surface area (Å²) in [5, 5.41) is 2.95. The number of hydrogen-bond acceptors (Lipinski definition) is 4. The molecule has 142 valence electrons. The van der Waals surface area contributed by atoms with Crippen LogP contribution >= 0.6 is 23.5 Å². The molecular weight excluding hydrogens is 364 g/mol. The molecule has 0 spiro atoms. The molecule has 2 rings (SSSR count). The third kappa shape index (κ3) is 5.81. The maximum atomic E-state index is 12.7. The van der Waals surface area contributed by atoms with Gasteiger partial charge in [-0.25, -0.2) is 0 Å². The number of amides is 2. The molecule has 6 heteroatoms. The number of benzene rings is 1. The van der Waals surface area contributed by atoms with Crippen LogP contribution in [-0.2, 0) is 9.59 Å². The molecule has 1 aliphatic heterocycles. The van der Waals surface area contributed by atoms with Gasteiger partial charge >= 0.3 is 0 Å². The highest BCUT2D eigenvalue weighted by atomic mass is 32.2. The Morgan fingerprint density at radius 2 is 1.96 bits per heavy atom. The summed E-state index contributed by atoms with van der Waals surface area (Å²) in [6.45, 7) is 10.3. The number of carbonyl (C=O) groups excluding carboxylic acids is 2. The molecule has 1 N–H and O–H groups in total. The van der Waals surface area contributed by atoms with E-state index in [1.807, 2.05) is 44.2 Å². The number of anilines is 1. The van der Waals surface area contributed by atoms with Crippen molar-refractivity contribution in [2.45, 2.75) is 56.7 Å². The fourth-order valence-electron chi connectivity index (χ4n) is 2.67. The molecule has 0 saturated carbocycles. The second-order valence-electron chi connectivity index (χ2n) is 7.31. The Bertz CT molecular complexity index is 678. The van der Waals surface area contributed by atoms with Gasteiger partial charge in [0, 0.05) is 26.7 Å². The Labute approximate surface area is 165 Å². The summed E-state index contributed by atoms with van der Waals surface area (Å²) >= 11 is 3.41. The summed E-state index contributed by atoms with van der Waals surface area (Å²) in [5.74, 6) is 1.03. The minimum atomic E-state index is -0.420. The van der Waals surface area contributed by atoms with Crippen molar-refractivity contribution >= 4 is 41.0 Å². The van der Waals surface area contributed by atoms with E-state index in [1.54, 1.807) is 28.4 Å². The summed E-state index contributed by atoms with van der Waals surface area (Å²) in [6, 6.07) is 7.46. The van der Waals surface area contributed by atoms with Crippen LogP contribution in [0.1, 0.15) is 41.0 Å². The number of nitrogens with one attached hydrogen (secondary N) is 1.